The normalized spacial score (nSPS) is 11.5. The molecule has 0 fully saturated rings. The molecule has 3 rings (SSSR count). The number of halogens is 1. The predicted molar refractivity (Wildman–Crippen MR) is 116 cm³/mol. The molecule has 0 radical (unpaired) electrons. The van der Waals surface area contributed by atoms with E-state index in [0.29, 0.717) is 28.3 Å². The Morgan fingerprint density at radius 1 is 1.23 bits per heavy atom. The van der Waals surface area contributed by atoms with Crippen molar-refractivity contribution in [1.29, 1.82) is 0 Å². The van der Waals surface area contributed by atoms with Crippen molar-refractivity contribution in [2.75, 3.05) is 19.0 Å². The number of ether oxygens (including phenoxy) is 2. The summed E-state index contributed by atoms with van der Waals surface area (Å²) >= 11 is 6.11. The second-order valence-electron chi connectivity index (χ2n) is 6.45. The SMILES string of the molecule is COc1cccc(C(=O)Nc2ccc(OC(Cl)CNC(=O)O)c(-c3ccnn3C)c2)c1. The second kappa shape index (κ2) is 9.86. The first-order valence-corrected chi connectivity index (χ1v) is 9.66. The van der Waals surface area contributed by atoms with Crippen LogP contribution in [0.25, 0.3) is 11.3 Å². The predicted octanol–water partition coefficient (Wildman–Crippen LogP) is 3.56. The Morgan fingerprint density at radius 2 is 2.03 bits per heavy atom. The molecular weight excluding hydrogens is 424 g/mol. The third-order valence-corrected chi connectivity index (χ3v) is 4.58. The van der Waals surface area contributed by atoms with E-state index in [1.807, 2.05) is 0 Å². The molecule has 162 valence electrons. The molecule has 3 N–H and O–H groups in total. The molecule has 3 aromatic rings. The number of carbonyl (C=O) groups is 2. The van der Waals surface area contributed by atoms with E-state index in [1.54, 1.807) is 66.5 Å². The van der Waals surface area contributed by atoms with Gasteiger partial charge in [-0.3, -0.25) is 9.48 Å². The van der Waals surface area contributed by atoms with E-state index in [0.717, 1.165) is 5.69 Å². The van der Waals surface area contributed by atoms with Crippen LogP contribution in [0.5, 0.6) is 11.5 Å². The quantitative estimate of drug-likeness (QED) is 0.458. The lowest BCUT2D eigenvalue weighted by Gasteiger charge is -2.17. The van der Waals surface area contributed by atoms with E-state index in [9.17, 15) is 9.59 Å². The monoisotopic (exact) mass is 444 g/mol. The zero-order valence-electron chi connectivity index (χ0n) is 16.8. The molecule has 9 nitrogen and oxygen atoms in total. The van der Waals surface area contributed by atoms with Crippen LogP contribution in [-0.2, 0) is 7.05 Å². The zero-order valence-corrected chi connectivity index (χ0v) is 17.6. The number of benzene rings is 2. The number of rotatable bonds is 8. The molecular formula is C21H21ClN4O5. The van der Waals surface area contributed by atoms with Gasteiger partial charge < -0.3 is 25.2 Å². The van der Waals surface area contributed by atoms with Crippen molar-refractivity contribution >= 4 is 29.3 Å². The molecule has 0 aliphatic carbocycles. The van der Waals surface area contributed by atoms with Crippen LogP contribution in [0.1, 0.15) is 10.4 Å². The first kappa shape index (κ1) is 22.0. The van der Waals surface area contributed by atoms with Crippen molar-refractivity contribution in [2.24, 2.45) is 7.05 Å². The number of carboxylic acid groups (broad SMARTS) is 1. The number of carbonyl (C=O) groups excluding carboxylic acids is 1. The Bertz CT molecular complexity index is 1090. The van der Waals surface area contributed by atoms with Crippen LogP contribution < -0.4 is 20.1 Å². The van der Waals surface area contributed by atoms with Gasteiger partial charge in [0.15, 0.2) is 5.56 Å². The molecule has 0 saturated carbocycles. The van der Waals surface area contributed by atoms with Gasteiger partial charge >= 0.3 is 6.09 Å². The molecule has 0 spiro atoms. The van der Waals surface area contributed by atoms with Crippen LogP contribution in [-0.4, -0.2) is 46.1 Å². The summed E-state index contributed by atoms with van der Waals surface area (Å²) in [5.74, 6) is 0.690. The Balaban J connectivity index is 1.86. The van der Waals surface area contributed by atoms with Gasteiger partial charge in [0.25, 0.3) is 5.91 Å². The van der Waals surface area contributed by atoms with Gasteiger partial charge in [0, 0.05) is 30.1 Å². The second-order valence-corrected chi connectivity index (χ2v) is 6.94. The highest BCUT2D eigenvalue weighted by molar-refractivity contribution is 6.20. The third-order valence-electron chi connectivity index (χ3n) is 4.33. The van der Waals surface area contributed by atoms with E-state index in [2.05, 4.69) is 15.7 Å². The number of amides is 2. The van der Waals surface area contributed by atoms with Crippen molar-refractivity contribution in [2.45, 2.75) is 5.56 Å². The number of aryl methyl sites for hydroxylation is 1. The Kier molecular flexibility index (Phi) is 6.99. The van der Waals surface area contributed by atoms with Crippen LogP contribution in [0.2, 0.25) is 0 Å². The largest absolute Gasteiger partial charge is 0.497 e. The van der Waals surface area contributed by atoms with Crippen molar-refractivity contribution in [3.8, 4) is 22.8 Å². The maximum absolute atomic E-state index is 12.7. The molecule has 1 heterocycles. The summed E-state index contributed by atoms with van der Waals surface area (Å²) in [6.07, 6.45) is 0.432. The van der Waals surface area contributed by atoms with Crippen LogP contribution >= 0.6 is 11.6 Å². The van der Waals surface area contributed by atoms with Gasteiger partial charge in [-0.15, -0.1) is 0 Å². The minimum atomic E-state index is -1.20. The molecule has 1 unspecified atom stereocenters. The van der Waals surface area contributed by atoms with Crippen molar-refractivity contribution in [1.82, 2.24) is 15.1 Å². The summed E-state index contributed by atoms with van der Waals surface area (Å²) in [6, 6.07) is 13.7. The van der Waals surface area contributed by atoms with Gasteiger partial charge in [0.2, 0.25) is 0 Å². The number of methoxy groups -OCH3 is 1. The minimum Gasteiger partial charge on any atom is -0.497 e. The molecule has 10 heteroatoms. The standard InChI is InChI=1S/C21H21ClN4O5/c1-26-17(8-9-24-26)16-11-14(6-7-18(16)31-19(22)12-23-21(28)29)25-20(27)13-4-3-5-15(10-13)30-2/h3-11,19,23H,12H2,1-2H3,(H,25,27)(H,28,29). The highest BCUT2D eigenvalue weighted by Crippen LogP contribution is 2.33. The fraction of sp³-hybridized carbons (Fsp3) is 0.190. The number of alkyl halides is 1. The average Bonchev–Trinajstić information content (AvgIpc) is 3.19. The van der Waals surface area contributed by atoms with Gasteiger partial charge in [-0.25, -0.2) is 4.79 Å². The lowest BCUT2D eigenvalue weighted by Crippen LogP contribution is -2.31. The van der Waals surface area contributed by atoms with Crippen LogP contribution in [0, 0.1) is 0 Å². The van der Waals surface area contributed by atoms with Gasteiger partial charge in [0.05, 0.1) is 19.3 Å². The Morgan fingerprint density at radius 3 is 2.71 bits per heavy atom. The van der Waals surface area contributed by atoms with Crippen LogP contribution in [0.3, 0.4) is 0 Å². The maximum Gasteiger partial charge on any atom is 0.404 e. The zero-order chi connectivity index (χ0) is 22.4. The summed E-state index contributed by atoms with van der Waals surface area (Å²) in [7, 11) is 3.30. The van der Waals surface area contributed by atoms with Gasteiger partial charge in [-0.2, -0.15) is 5.10 Å². The maximum atomic E-state index is 12.7. The summed E-state index contributed by atoms with van der Waals surface area (Å²) in [6.45, 7) is -0.101. The first-order chi connectivity index (χ1) is 14.9. The molecule has 0 aliphatic heterocycles. The van der Waals surface area contributed by atoms with E-state index in [1.165, 1.54) is 7.11 Å². The number of hydrogen-bond acceptors (Lipinski definition) is 5. The number of nitrogens with zero attached hydrogens (tertiary/aromatic N) is 2. The van der Waals surface area contributed by atoms with Crippen LogP contribution in [0.4, 0.5) is 10.5 Å². The van der Waals surface area contributed by atoms with E-state index in [4.69, 9.17) is 26.2 Å². The Hall–Kier alpha value is -3.72. The lowest BCUT2D eigenvalue weighted by atomic mass is 10.1. The number of nitrogens with one attached hydrogen (secondary N) is 2. The van der Waals surface area contributed by atoms with Crippen molar-refractivity contribution in [3.63, 3.8) is 0 Å². The lowest BCUT2D eigenvalue weighted by molar-refractivity contribution is 0.102. The van der Waals surface area contributed by atoms with E-state index < -0.39 is 11.7 Å². The fourth-order valence-electron chi connectivity index (χ4n) is 2.86. The van der Waals surface area contributed by atoms with Gasteiger partial charge in [-0.1, -0.05) is 17.7 Å². The first-order valence-electron chi connectivity index (χ1n) is 9.22. The van der Waals surface area contributed by atoms with Crippen molar-refractivity contribution in [3.05, 3.63) is 60.3 Å². The topological polar surface area (TPSA) is 115 Å². The smallest absolute Gasteiger partial charge is 0.404 e. The number of hydrogen-bond donors (Lipinski definition) is 3. The highest BCUT2D eigenvalue weighted by atomic mass is 35.5. The third kappa shape index (κ3) is 5.67. The Labute approximate surface area is 183 Å². The molecule has 31 heavy (non-hydrogen) atoms. The molecule has 0 saturated heterocycles. The minimum absolute atomic E-state index is 0.101. The van der Waals surface area contributed by atoms with Crippen molar-refractivity contribution < 1.29 is 24.2 Å². The number of anilines is 1. The average molecular weight is 445 g/mol. The van der Waals surface area contributed by atoms with Crippen LogP contribution in [0.15, 0.2) is 54.7 Å². The summed E-state index contributed by atoms with van der Waals surface area (Å²) in [4.78, 5) is 23.3. The fourth-order valence-corrected chi connectivity index (χ4v) is 3.04. The summed E-state index contributed by atoms with van der Waals surface area (Å²) < 4.78 is 12.5. The molecule has 0 bridgehead atoms. The summed E-state index contributed by atoms with van der Waals surface area (Å²) in [5.41, 5.74) is 1.40. The number of aromatic nitrogens is 2. The molecule has 2 aromatic carbocycles. The molecule has 1 atom stereocenters. The van der Waals surface area contributed by atoms with Gasteiger partial charge in [0.1, 0.15) is 11.5 Å². The van der Waals surface area contributed by atoms with E-state index >= 15 is 0 Å². The van der Waals surface area contributed by atoms with E-state index in [-0.39, 0.29) is 12.5 Å². The highest BCUT2D eigenvalue weighted by Gasteiger charge is 2.16. The van der Waals surface area contributed by atoms with Gasteiger partial charge in [-0.05, 0) is 42.5 Å². The summed E-state index contributed by atoms with van der Waals surface area (Å²) in [5, 5.41) is 17.9. The molecule has 2 amide bonds. The molecule has 0 aliphatic rings. The molecule has 1 aromatic heterocycles.